The Morgan fingerprint density at radius 2 is 0.975 bits per heavy atom. The highest BCUT2D eigenvalue weighted by Crippen LogP contribution is 2.23. The maximum absolute atomic E-state index is 15.1. The molecule has 4 aromatic rings. The summed E-state index contributed by atoms with van der Waals surface area (Å²) in [6.07, 6.45) is 3.15. The summed E-state index contributed by atoms with van der Waals surface area (Å²) >= 11 is 12.9. The van der Waals surface area contributed by atoms with Crippen LogP contribution in [-0.4, -0.2) is 323 Å². The number of amides is 12. The smallest absolute Gasteiger partial charge is 0.317 e. The van der Waals surface area contributed by atoms with Gasteiger partial charge in [0.05, 0.1) is 32.5 Å². The number of thiol groups is 3. The van der Waals surface area contributed by atoms with E-state index in [-0.39, 0.29) is 129 Å². The number of para-hydroxylation sites is 1. The van der Waals surface area contributed by atoms with Crippen LogP contribution in [0, 0.1) is 11.3 Å². The standard InChI is InChI=1S/C75H111N23O20S3/c1-42(2)60(61(77)108)91-67(114)54-18-11-23-98(54)74(118)50(16-8-9-21-76)86-69(116)72(120)92-66(113)52(33-44-35-82-47-15-7-6-14-46(44)47)88-62(109)48(17-10-22-81-75(78)79)84-64(111)51(32-43-12-4-3-5-13-43)87-65(112)53(34-45-36-80-41-83-45)89-63(110)49(19-20-56(100)101)85-68(115)73(121)93-70(117)71(119)90-55(99)37-94-24-26-95(38-57(102)103)28-30-97(40-59(106)107)31-29-96(27-25-94)39-58(104)105/h3-7,12-15,35-36,41-42,48-54,60,71-73,82,119-121H,8-11,16-34,37-40,76H2,1-2H3,(H2,77,108)(H,80,83)(H,84,111)(H,85,115)(H,86,116)(H,87,112)(H,88,109)(H,89,110)(H,90,99)(H,91,114)(H,92,113)(H,93,117)(H,100,101)(H,102,103)(H,104,105)(H,106,107)(H4,78,79,81)/t48?,49?,50?,51-,52?,53?,54?,60?,71?,72?,73?/m0/s1. The van der Waals surface area contributed by atoms with Crippen molar-refractivity contribution in [2.75, 3.05) is 98.2 Å². The zero-order chi connectivity index (χ0) is 89.0. The summed E-state index contributed by atoms with van der Waals surface area (Å²) in [4.78, 5) is 235. The predicted molar refractivity (Wildman–Crippen MR) is 447 cm³/mol. The second-order valence-corrected chi connectivity index (χ2v) is 31.1. The topological polar surface area (TPSA) is 649 Å². The molecule has 2 aromatic heterocycles. The maximum Gasteiger partial charge on any atom is 0.317 e. The molecule has 2 fully saturated rings. The fourth-order valence-corrected chi connectivity index (χ4v) is 14.1. The predicted octanol–water partition coefficient (Wildman–Crippen LogP) is -5.71. The van der Waals surface area contributed by atoms with Gasteiger partial charge < -0.3 is 111 Å². The number of carbonyl (C=O) groups is 16. The molecule has 0 saturated carbocycles. The van der Waals surface area contributed by atoms with Crippen molar-refractivity contribution in [1.82, 2.24) is 97.9 Å². The summed E-state index contributed by atoms with van der Waals surface area (Å²) < 4.78 is 0. The third-order valence-corrected chi connectivity index (χ3v) is 20.9. The molecule has 2 aliphatic rings. The van der Waals surface area contributed by atoms with E-state index in [1.54, 1.807) is 84.4 Å². The van der Waals surface area contributed by atoms with Crippen LogP contribution in [-0.2, 0) is 96.0 Å². The molecular formula is C75H111N23O20S3. The number of hydrogen-bond acceptors (Lipinski definition) is 26. The molecule has 43 nitrogen and oxygen atoms in total. The van der Waals surface area contributed by atoms with E-state index in [2.05, 4.69) is 111 Å². The molecule has 0 aliphatic carbocycles. The van der Waals surface area contributed by atoms with Crippen molar-refractivity contribution in [3.63, 3.8) is 0 Å². The van der Waals surface area contributed by atoms with E-state index >= 15 is 9.59 Å². The first kappa shape index (κ1) is 98.7. The zero-order valence-electron chi connectivity index (χ0n) is 67.0. The minimum absolute atomic E-state index is 0.0173. The van der Waals surface area contributed by atoms with E-state index in [0.717, 1.165) is 0 Å². The van der Waals surface area contributed by atoms with E-state index in [4.69, 9.17) is 22.6 Å². The van der Waals surface area contributed by atoms with Crippen molar-refractivity contribution in [3.05, 3.63) is 90.1 Å². The molecule has 0 radical (unpaired) electrons. The van der Waals surface area contributed by atoms with Crippen molar-refractivity contribution in [1.29, 1.82) is 5.41 Å². The average Bonchev–Trinajstić information content (AvgIpc) is 1.71. The Labute approximate surface area is 713 Å². The molecule has 2 saturated heterocycles. The second-order valence-electron chi connectivity index (χ2n) is 29.5. The molecule has 4 heterocycles. The van der Waals surface area contributed by atoms with Crippen LogP contribution in [0.25, 0.3) is 10.9 Å². The molecule has 2 aromatic carbocycles. The molecule has 46 heteroatoms. The number of nitrogens with two attached hydrogens (primary N) is 3. The number of imidazole rings is 1. The van der Waals surface area contributed by atoms with Crippen LogP contribution in [0.15, 0.2) is 73.3 Å². The number of aromatic amines is 2. The molecule has 10 unspecified atom stereocenters. The van der Waals surface area contributed by atoms with E-state index in [1.165, 1.54) is 27.2 Å². The van der Waals surface area contributed by atoms with Gasteiger partial charge in [0.1, 0.15) is 48.3 Å². The number of carboxylic acid groups (broad SMARTS) is 4. The van der Waals surface area contributed by atoms with Crippen LogP contribution in [0.5, 0.6) is 0 Å². The number of rotatable bonds is 47. The number of carbonyl (C=O) groups excluding carboxylic acids is 12. The van der Waals surface area contributed by atoms with Gasteiger partial charge >= 0.3 is 23.9 Å². The fourth-order valence-electron chi connectivity index (χ4n) is 13.4. The first-order valence-corrected chi connectivity index (χ1v) is 40.8. The van der Waals surface area contributed by atoms with Gasteiger partial charge in [0.25, 0.3) is 17.7 Å². The lowest BCUT2D eigenvalue weighted by Crippen LogP contribution is -2.61. The highest BCUT2D eigenvalue weighted by molar-refractivity contribution is 7.82. The van der Waals surface area contributed by atoms with Crippen LogP contribution in [0.2, 0.25) is 0 Å². The van der Waals surface area contributed by atoms with Crippen molar-refractivity contribution in [2.45, 2.75) is 155 Å². The Hall–Kier alpha value is -11.2. The normalized spacial score (nSPS) is 17.0. The summed E-state index contributed by atoms with van der Waals surface area (Å²) in [5.41, 5.74) is 18.9. The number of hydrogen-bond donors (Lipinski definition) is 24. The third-order valence-electron chi connectivity index (χ3n) is 19.8. The van der Waals surface area contributed by atoms with Crippen molar-refractivity contribution >= 4 is 150 Å². The third kappa shape index (κ3) is 34.1. The minimum Gasteiger partial charge on any atom is -0.481 e. The number of unbranched alkanes of at least 4 members (excludes halogenated alkanes) is 1. The summed E-state index contributed by atoms with van der Waals surface area (Å²) in [6.45, 7) is 2.71. The molecule has 121 heavy (non-hydrogen) atoms. The van der Waals surface area contributed by atoms with Crippen LogP contribution < -0.4 is 75.7 Å². The average molecular weight is 1750 g/mol. The van der Waals surface area contributed by atoms with Crippen molar-refractivity contribution in [3.8, 4) is 0 Å². The van der Waals surface area contributed by atoms with Gasteiger partial charge in [-0.15, -0.1) is 37.9 Å². The fraction of sp³-hybridized carbons (Fsp3) is 0.547. The molecule has 24 N–H and O–H groups in total. The minimum atomic E-state index is -1.84. The van der Waals surface area contributed by atoms with Gasteiger partial charge in [-0.2, -0.15) is 0 Å². The second kappa shape index (κ2) is 50.2. The maximum atomic E-state index is 15.1. The number of guanidine groups is 1. The van der Waals surface area contributed by atoms with Crippen molar-refractivity contribution in [2.24, 2.45) is 23.1 Å². The molecule has 6 rings (SSSR count). The Bertz CT molecular complexity index is 4190. The van der Waals surface area contributed by atoms with E-state index in [9.17, 15) is 87.5 Å². The van der Waals surface area contributed by atoms with Gasteiger partial charge in [-0.1, -0.05) is 62.4 Å². The first-order valence-electron chi connectivity index (χ1n) is 39.3. The van der Waals surface area contributed by atoms with E-state index in [1.807, 2.05) is 0 Å². The summed E-state index contributed by atoms with van der Waals surface area (Å²) in [6, 6.07) is 3.67. The SMILES string of the molecule is CC(C)C(NC(=O)C1CCCN1C(=O)C(CCCCN)NC(=O)C(S)NC(=O)C(Cc1c[nH]c2ccccc12)NC(=O)C(CCCNC(=N)N)NC(=O)[C@H](Cc1ccccc1)NC(=O)C(Cc1cnc[nH]1)NC(=O)C(CCC(=O)O)NC(=O)C(S)NC(=O)C(S)NC(=O)CN1CCN(CC(=O)O)CCN(CC(=O)O)CCN(CC(=O)O)CC1)C(N)=O. The van der Waals surface area contributed by atoms with Gasteiger partial charge in [0.15, 0.2) is 22.1 Å². The molecular weight excluding hydrogens is 1640 g/mol. The number of nitrogens with zero attached hydrogens (tertiary/aromatic N) is 6. The van der Waals surface area contributed by atoms with E-state index in [0.29, 0.717) is 41.3 Å². The number of H-pyrrole nitrogens is 2. The lowest BCUT2D eigenvalue weighted by Gasteiger charge is -2.33. The highest BCUT2D eigenvalue weighted by Gasteiger charge is 2.41. The lowest BCUT2D eigenvalue weighted by atomic mass is 10.0. The molecule has 11 atom stereocenters. The Balaban J connectivity index is 1.20. The van der Waals surface area contributed by atoms with E-state index < -0.39 is 204 Å². The Morgan fingerprint density at radius 3 is 1.50 bits per heavy atom. The summed E-state index contributed by atoms with van der Waals surface area (Å²) in [7, 11) is 0. The molecule has 0 spiro atoms. The molecule has 664 valence electrons. The molecule has 0 bridgehead atoms. The van der Waals surface area contributed by atoms with Gasteiger partial charge in [0, 0.05) is 120 Å². The number of fused-ring (bicyclic) bond motifs is 1. The van der Waals surface area contributed by atoms with Gasteiger partial charge in [-0.3, -0.25) is 102 Å². The summed E-state index contributed by atoms with van der Waals surface area (Å²) in [5, 5.41) is 69.8. The van der Waals surface area contributed by atoms with Crippen LogP contribution in [0.1, 0.15) is 88.5 Å². The number of benzene rings is 2. The number of aromatic nitrogens is 3. The van der Waals surface area contributed by atoms with Gasteiger partial charge in [-0.05, 0) is 81.0 Å². The highest BCUT2D eigenvalue weighted by atomic mass is 32.1. The Morgan fingerprint density at radius 1 is 0.512 bits per heavy atom. The van der Waals surface area contributed by atoms with Gasteiger partial charge in [0.2, 0.25) is 53.2 Å². The lowest BCUT2D eigenvalue weighted by molar-refractivity contribution is -0.142. The zero-order valence-corrected chi connectivity index (χ0v) is 69.7. The van der Waals surface area contributed by atoms with Crippen LogP contribution in [0.3, 0.4) is 0 Å². The van der Waals surface area contributed by atoms with Gasteiger partial charge in [-0.25, -0.2) is 4.98 Å². The molecule has 12 amide bonds. The summed E-state index contributed by atoms with van der Waals surface area (Å²) in [5.74, 6) is -17.0. The first-order chi connectivity index (χ1) is 57.5. The number of carboxylic acids is 4. The number of likely N-dealkylation sites (tertiary alicyclic amines) is 1. The Kier molecular flexibility index (Phi) is 40.9. The number of aliphatic carboxylic acids is 4. The van der Waals surface area contributed by atoms with Crippen LogP contribution >= 0.6 is 37.9 Å². The number of nitrogens with one attached hydrogen (secondary N) is 14. The largest absolute Gasteiger partial charge is 0.481 e. The monoisotopic (exact) mass is 1750 g/mol. The number of primary amides is 1. The quantitative estimate of drug-likeness (QED) is 0.00644. The van der Waals surface area contributed by atoms with Crippen molar-refractivity contribution < 1.29 is 97.1 Å². The van der Waals surface area contributed by atoms with Crippen LogP contribution in [0.4, 0.5) is 0 Å². The molecule has 2 aliphatic heterocycles.